The molecule has 0 amide bonds. The zero-order valence-electron chi connectivity index (χ0n) is 8.48. The Labute approximate surface area is 92.8 Å². The van der Waals surface area contributed by atoms with E-state index in [1.165, 1.54) is 12.1 Å². The summed E-state index contributed by atoms with van der Waals surface area (Å²) in [5, 5.41) is 9.05. The highest BCUT2D eigenvalue weighted by Gasteiger charge is 2.38. The Hall–Kier alpha value is -1.47. The molecule has 0 radical (unpaired) electrons. The van der Waals surface area contributed by atoms with Gasteiger partial charge in [-0.05, 0) is 5.56 Å². The zero-order chi connectivity index (χ0) is 12.3. The van der Waals surface area contributed by atoms with Gasteiger partial charge in [0.2, 0.25) is 6.04 Å². The van der Waals surface area contributed by atoms with Gasteiger partial charge in [0.25, 0.3) is 10.1 Å². The molecule has 0 saturated carbocycles. The highest BCUT2D eigenvalue weighted by Crippen LogP contribution is 2.26. The van der Waals surface area contributed by atoms with E-state index in [-0.39, 0.29) is 5.56 Å². The van der Waals surface area contributed by atoms with Gasteiger partial charge >= 0.3 is 0 Å². The summed E-state index contributed by atoms with van der Waals surface area (Å²) in [6, 6.07) is 6.22. The third-order valence-electron chi connectivity index (χ3n) is 2.22. The predicted molar refractivity (Wildman–Crippen MR) is 57.2 cm³/mol. The fourth-order valence-electron chi connectivity index (χ4n) is 1.45. The number of nitro groups is 1. The first kappa shape index (κ1) is 12.6. The molecule has 0 heterocycles. The number of hydrogen-bond donors (Lipinski definition) is 1. The first-order chi connectivity index (χ1) is 7.34. The highest BCUT2D eigenvalue weighted by molar-refractivity contribution is 7.86. The lowest BCUT2D eigenvalue weighted by molar-refractivity contribution is -0.518. The van der Waals surface area contributed by atoms with Crippen molar-refractivity contribution in [2.24, 2.45) is 0 Å². The molecule has 6 nitrogen and oxygen atoms in total. The lowest BCUT2D eigenvalue weighted by Crippen LogP contribution is -2.30. The van der Waals surface area contributed by atoms with Crippen molar-refractivity contribution < 1.29 is 17.9 Å². The average Bonchev–Trinajstić information content (AvgIpc) is 2.17. The molecule has 0 aromatic heterocycles. The van der Waals surface area contributed by atoms with Crippen molar-refractivity contribution in [1.82, 2.24) is 0 Å². The van der Waals surface area contributed by atoms with Gasteiger partial charge in [0.15, 0.2) is 5.25 Å². The Balaban J connectivity index is 3.23. The van der Waals surface area contributed by atoms with Crippen molar-refractivity contribution in [3.05, 3.63) is 46.0 Å². The van der Waals surface area contributed by atoms with E-state index in [9.17, 15) is 18.5 Å². The molecule has 7 heteroatoms. The predicted octanol–water partition coefficient (Wildman–Crippen LogP) is 1.28. The number of nitrogens with zero attached hydrogens (tertiary/aromatic N) is 1. The molecule has 0 bridgehead atoms. The quantitative estimate of drug-likeness (QED) is 0.489. The van der Waals surface area contributed by atoms with Crippen LogP contribution in [-0.2, 0) is 10.1 Å². The molecule has 16 heavy (non-hydrogen) atoms. The fourth-order valence-corrected chi connectivity index (χ4v) is 2.55. The molecule has 1 rings (SSSR count). The summed E-state index contributed by atoms with van der Waals surface area (Å²) in [7, 11) is -4.50. The monoisotopic (exact) mass is 245 g/mol. The second-order valence-electron chi connectivity index (χ2n) is 3.37. The van der Waals surface area contributed by atoms with Crippen LogP contribution in [0.25, 0.3) is 0 Å². The Bertz CT molecular complexity index is 470. The molecule has 0 aliphatic carbocycles. The van der Waals surface area contributed by atoms with Gasteiger partial charge in [-0.1, -0.05) is 30.3 Å². The summed E-state index contributed by atoms with van der Waals surface area (Å²) >= 11 is 0. The Kier molecular flexibility index (Phi) is 3.61. The van der Waals surface area contributed by atoms with Crippen molar-refractivity contribution in [2.75, 3.05) is 0 Å². The summed E-state index contributed by atoms with van der Waals surface area (Å²) in [5.74, 6) is 0. The molecule has 1 aromatic carbocycles. The Morgan fingerprint density at radius 3 is 2.19 bits per heavy atom. The molecule has 0 aliphatic rings. The molecule has 88 valence electrons. The summed E-state index contributed by atoms with van der Waals surface area (Å²) in [6.45, 7) is 1.14. The van der Waals surface area contributed by atoms with E-state index in [1.54, 1.807) is 18.2 Å². The van der Waals surface area contributed by atoms with Gasteiger partial charge in [0, 0.05) is 11.8 Å². The second kappa shape index (κ2) is 4.58. The SMILES string of the molecule is CC(C(c1ccccc1)S(=O)(=O)O)[N+](=O)[O-]. The van der Waals surface area contributed by atoms with E-state index >= 15 is 0 Å². The van der Waals surface area contributed by atoms with Crippen molar-refractivity contribution in [3.8, 4) is 0 Å². The second-order valence-corrected chi connectivity index (χ2v) is 4.91. The maximum atomic E-state index is 11.1. The lowest BCUT2D eigenvalue weighted by Gasteiger charge is -2.15. The van der Waals surface area contributed by atoms with E-state index in [2.05, 4.69) is 0 Å². The van der Waals surface area contributed by atoms with Gasteiger partial charge in [-0.25, -0.2) is 0 Å². The normalized spacial score (nSPS) is 15.4. The van der Waals surface area contributed by atoms with Crippen molar-refractivity contribution >= 4 is 10.1 Å². The smallest absolute Gasteiger partial charge is 0.278 e. The minimum absolute atomic E-state index is 0.203. The molecule has 2 unspecified atom stereocenters. The average molecular weight is 245 g/mol. The standard InChI is InChI=1S/C9H11NO5S/c1-7(10(11)12)9(16(13,14)15)8-5-3-2-4-6-8/h2-7,9H,1H3,(H,13,14,15). The molecule has 0 fully saturated rings. The van der Waals surface area contributed by atoms with Crippen LogP contribution in [-0.4, -0.2) is 23.9 Å². The maximum Gasteiger partial charge on any atom is 0.278 e. The minimum Gasteiger partial charge on any atom is -0.285 e. The van der Waals surface area contributed by atoms with Crippen LogP contribution < -0.4 is 0 Å². The summed E-state index contributed by atoms with van der Waals surface area (Å²) in [6.07, 6.45) is 0. The van der Waals surface area contributed by atoms with Gasteiger partial charge < -0.3 is 0 Å². The van der Waals surface area contributed by atoms with Gasteiger partial charge in [-0.15, -0.1) is 0 Å². The maximum absolute atomic E-state index is 11.1. The molecule has 0 spiro atoms. The van der Waals surface area contributed by atoms with Crippen LogP contribution in [0.5, 0.6) is 0 Å². The topological polar surface area (TPSA) is 97.5 Å². The molecular formula is C9H11NO5S. The first-order valence-electron chi connectivity index (χ1n) is 4.48. The lowest BCUT2D eigenvalue weighted by atomic mass is 10.1. The fraction of sp³-hybridized carbons (Fsp3) is 0.333. The summed E-state index contributed by atoms with van der Waals surface area (Å²) < 4.78 is 31.3. The van der Waals surface area contributed by atoms with Crippen LogP contribution in [0.2, 0.25) is 0 Å². The van der Waals surface area contributed by atoms with Crippen LogP contribution in [0.3, 0.4) is 0 Å². The molecule has 1 N–H and O–H groups in total. The van der Waals surface area contributed by atoms with Crippen LogP contribution in [0, 0.1) is 10.1 Å². The zero-order valence-corrected chi connectivity index (χ0v) is 9.29. The molecule has 1 aromatic rings. The van der Waals surface area contributed by atoms with E-state index in [0.29, 0.717) is 0 Å². The van der Waals surface area contributed by atoms with Crippen molar-refractivity contribution in [1.29, 1.82) is 0 Å². The number of benzene rings is 1. The van der Waals surface area contributed by atoms with E-state index < -0.39 is 26.3 Å². The van der Waals surface area contributed by atoms with Crippen LogP contribution in [0.15, 0.2) is 30.3 Å². The molecular weight excluding hydrogens is 234 g/mol. The molecule has 2 atom stereocenters. The van der Waals surface area contributed by atoms with Gasteiger partial charge in [-0.3, -0.25) is 14.7 Å². The van der Waals surface area contributed by atoms with Gasteiger partial charge in [-0.2, -0.15) is 8.42 Å². The van der Waals surface area contributed by atoms with Crippen LogP contribution >= 0.6 is 0 Å². The third kappa shape index (κ3) is 2.77. The first-order valence-corrected chi connectivity index (χ1v) is 5.99. The van der Waals surface area contributed by atoms with Crippen molar-refractivity contribution in [2.45, 2.75) is 18.2 Å². The third-order valence-corrected chi connectivity index (χ3v) is 3.53. The van der Waals surface area contributed by atoms with Crippen LogP contribution in [0.1, 0.15) is 17.7 Å². The minimum atomic E-state index is -4.50. The summed E-state index contributed by atoms with van der Waals surface area (Å²) in [4.78, 5) is 9.86. The van der Waals surface area contributed by atoms with E-state index in [0.717, 1.165) is 6.92 Å². The summed E-state index contributed by atoms with van der Waals surface area (Å²) in [5.41, 5.74) is 0.203. The number of rotatable bonds is 4. The van der Waals surface area contributed by atoms with Crippen LogP contribution in [0.4, 0.5) is 0 Å². The molecule has 0 aliphatic heterocycles. The Morgan fingerprint density at radius 1 is 1.31 bits per heavy atom. The van der Waals surface area contributed by atoms with Crippen molar-refractivity contribution in [3.63, 3.8) is 0 Å². The Morgan fingerprint density at radius 2 is 1.81 bits per heavy atom. The van der Waals surface area contributed by atoms with Gasteiger partial charge in [0.1, 0.15) is 0 Å². The van der Waals surface area contributed by atoms with E-state index in [1.807, 2.05) is 0 Å². The highest BCUT2D eigenvalue weighted by atomic mass is 32.2. The number of hydrogen-bond acceptors (Lipinski definition) is 4. The molecule has 0 saturated heterocycles. The van der Waals surface area contributed by atoms with E-state index in [4.69, 9.17) is 4.55 Å². The largest absolute Gasteiger partial charge is 0.285 e. The van der Waals surface area contributed by atoms with Gasteiger partial charge in [0.05, 0.1) is 0 Å².